The first-order valence-electron chi connectivity index (χ1n) is 13.7. The Bertz CT molecular complexity index is 1180. The second kappa shape index (κ2) is 8.36. The number of hydrogen-bond acceptors (Lipinski definition) is 4. The average molecular weight is 389 g/mol. The van der Waals surface area contributed by atoms with Gasteiger partial charge >= 0.3 is 0 Å². The Morgan fingerprint density at radius 1 is 1.11 bits per heavy atom. The number of carbonyl (C=O) groups is 1. The number of nitrogens with zero attached hydrogens (tertiary/aromatic N) is 1. The van der Waals surface area contributed by atoms with Gasteiger partial charge in [-0.15, -0.1) is 0 Å². The van der Waals surface area contributed by atoms with Crippen LogP contribution in [-0.2, 0) is 13.0 Å². The number of benzene rings is 2. The van der Waals surface area contributed by atoms with Crippen LogP contribution >= 0.6 is 0 Å². The minimum Gasteiger partial charge on any atom is -0.493 e. The van der Waals surface area contributed by atoms with E-state index in [1.54, 1.807) is 36.4 Å². The molecule has 0 spiro atoms. The first-order chi connectivity index (χ1) is 17.1. The summed E-state index contributed by atoms with van der Waals surface area (Å²) in [6.07, 6.45) is -7.06. The van der Waals surface area contributed by atoms with Gasteiger partial charge in [0.1, 0.15) is 0 Å². The van der Waals surface area contributed by atoms with Crippen molar-refractivity contribution in [2.45, 2.75) is 32.1 Å². The molecule has 0 amide bonds. The van der Waals surface area contributed by atoms with Gasteiger partial charge in [-0.25, -0.2) is 0 Å². The molecule has 1 unspecified atom stereocenters. The molecule has 1 aliphatic carbocycles. The first-order valence-corrected chi connectivity index (χ1v) is 9.17. The van der Waals surface area contributed by atoms with Crippen LogP contribution in [0.5, 0.6) is 11.5 Å². The average Bonchev–Trinajstić information content (AvgIpc) is 3.14. The Kier molecular flexibility index (Phi) is 3.29. The fourth-order valence-electron chi connectivity index (χ4n) is 3.58. The number of Topliss-reactive ketones (excluding diaryl/α,β-unsaturated/α-hetero) is 1. The predicted octanol–water partition coefficient (Wildman–Crippen LogP) is 4.36. The molecule has 0 radical (unpaired) electrons. The van der Waals surface area contributed by atoms with E-state index in [1.807, 2.05) is 0 Å². The highest BCUT2D eigenvalue weighted by Gasteiger charge is 2.34. The number of fused-ring (bicyclic) bond motifs is 1. The lowest BCUT2D eigenvalue weighted by molar-refractivity contribution is 0.0895. The smallest absolute Gasteiger partial charge is 0.166 e. The molecule has 2 aromatic carbocycles. The number of carbonyl (C=O) groups excluding carboxylic acids is 1. The second-order valence-corrected chi connectivity index (χ2v) is 6.86. The molecule has 4 heteroatoms. The van der Waals surface area contributed by atoms with E-state index in [2.05, 4.69) is 0 Å². The van der Waals surface area contributed by atoms with E-state index in [4.69, 9.17) is 21.8 Å². The largest absolute Gasteiger partial charge is 0.493 e. The third-order valence-corrected chi connectivity index (χ3v) is 5.03. The zero-order valence-corrected chi connectivity index (χ0v) is 15.9. The van der Waals surface area contributed by atoms with E-state index in [0.29, 0.717) is 27.5 Å². The quantitative estimate of drug-likeness (QED) is 0.737. The number of rotatable bonds is 6. The van der Waals surface area contributed by atoms with Crippen LogP contribution < -0.4 is 9.47 Å². The van der Waals surface area contributed by atoms with Gasteiger partial charge in [0.15, 0.2) is 17.3 Å². The molecule has 0 bridgehead atoms. The number of piperidine rings is 1. The zero-order valence-electron chi connectivity index (χ0n) is 24.9. The van der Waals surface area contributed by atoms with Crippen molar-refractivity contribution < 1.29 is 26.6 Å². The van der Waals surface area contributed by atoms with Gasteiger partial charge in [-0.2, -0.15) is 0 Å². The Hall–Kier alpha value is -2.33. The van der Waals surface area contributed by atoms with Crippen LogP contribution in [0.1, 0.15) is 53.0 Å². The monoisotopic (exact) mass is 388 g/mol. The Balaban J connectivity index is 1.75. The van der Waals surface area contributed by atoms with E-state index >= 15 is 0 Å². The third kappa shape index (κ3) is 3.93. The summed E-state index contributed by atoms with van der Waals surface area (Å²) in [5.74, 6) is -3.77. The summed E-state index contributed by atoms with van der Waals surface area (Å²) >= 11 is 0. The molecule has 1 fully saturated rings. The maximum atomic E-state index is 13.3. The highest BCUT2D eigenvalue weighted by atomic mass is 16.5. The molecule has 1 aliphatic heterocycles. The summed E-state index contributed by atoms with van der Waals surface area (Å²) < 4.78 is 89.2. The summed E-state index contributed by atoms with van der Waals surface area (Å²) in [6, 6.07) is 11.3. The number of hydrogen-bond donors (Lipinski definition) is 0. The van der Waals surface area contributed by atoms with Gasteiger partial charge in [0.25, 0.3) is 0 Å². The summed E-state index contributed by atoms with van der Waals surface area (Å²) in [5.41, 5.74) is 1.30. The molecule has 0 aromatic heterocycles. The van der Waals surface area contributed by atoms with Crippen molar-refractivity contribution in [2.24, 2.45) is 11.8 Å². The van der Waals surface area contributed by atoms with Gasteiger partial charge in [0.2, 0.25) is 0 Å². The van der Waals surface area contributed by atoms with Crippen LogP contribution in [0.15, 0.2) is 42.5 Å². The van der Waals surface area contributed by atoms with Crippen LogP contribution in [0.4, 0.5) is 0 Å². The van der Waals surface area contributed by atoms with E-state index < -0.39 is 56.3 Å². The predicted molar refractivity (Wildman–Crippen MR) is 110 cm³/mol. The molecule has 4 nitrogen and oxygen atoms in total. The van der Waals surface area contributed by atoms with Crippen molar-refractivity contribution in [1.82, 2.24) is 4.90 Å². The number of ketones is 1. The molecular formula is C24H29NO3. The Morgan fingerprint density at radius 3 is 2.46 bits per heavy atom. The van der Waals surface area contributed by atoms with Crippen molar-refractivity contribution in [3.05, 3.63) is 59.2 Å². The lowest BCUT2D eigenvalue weighted by Gasteiger charge is -2.32. The van der Waals surface area contributed by atoms with Crippen LogP contribution in [0.2, 0.25) is 0 Å². The highest BCUT2D eigenvalue weighted by molar-refractivity contribution is 6.02. The minimum absolute atomic E-state index is 0.0566. The van der Waals surface area contributed by atoms with Crippen molar-refractivity contribution in [3.63, 3.8) is 0 Å². The second-order valence-electron chi connectivity index (χ2n) is 6.86. The Morgan fingerprint density at radius 2 is 1.79 bits per heavy atom. The van der Waals surface area contributed by atoms with E-state index in [1.165, 1.54) is 20.3 Å². The molecule has 2 aliphatic rings. The lowest BCUT2D eigenvalue weighted by atomic mass is 9.85. The molecule has 1 atom stereocenters. The summed E-state index contributed by atoms with van der Waals surface area (Å²) in [7, 11) is 2.85. The molecule has 1 heterocycles. The van der Waals surface area contributed by atoms with Gasteiger partial charge in [0, 0.05) is 30.4 Å². The van der Waals surface area contributed by atoms with Crippen LogP contribution in [-0.4, -0.2) is 37.9 Å². The molecule has 148 valence electrons. The first kappa shape index (κ1) is 11.0. The summed E-state index contributed by atoms with van der Waals surface area (Å²) in [5, 5.41) is 0. The molecule has 0 N–H and O–H groups in total. The van der Waals surface area contributed by atoms with Crippen molar-refractivity contribution in [3.8, 4) is 11.5 Å². The van der Waals surface area contributed by atoms with Crippen molar-refractivity contribution in [1.29, 1.82) is 0 Å². The Labute approximate surface area is 180 Å². The maximum Gasteiger partial charge on any atom is 0.166 e. The molecule has 1 saturated heterocycles. The topological polar surface area (TPSA) is 38.8 Å². The maximum absolute atomic E-state index is 13.3. The number of methoxy groups -OCH3 is 2. The number of likely N-dealkylation sites (tertiary alicyclic amines) is 1. The normalized spacial score (nSPS) is 33.3. The standard InChI is InChI=1S/C24H29NO3/c1-27-22-14-19-13-20(24(26)21(19)15-23(22)28-2)12-17-8-10-25(11-9-17)16-18-6-4-3-5-7-18/h3-7,14-15,17,20H,8-13,16H2,1-2H3/i8D2,9D2,10D2,11D2,17D. The summed E-state index contributed by atoms with van der Waals surface area (Å²) in [4.78, 5) is 13.8. The highest BCUT2D eigenvalue weighted by Crippen LogP contribution is 2.39. The molecule has 28 heavy (non-hydrogen) atoms. The van der Waals surface area contributed by atoms with Crippen LogP contribution in [0.25, 0.3) is 0 Å². The van der Waals surface area contributed by atoms with Gasteiger partial charge in [-0.3, -0.25) is 9.69 Å². The van der Waals surface area contributed by atoms with E-state index in [0.717, 1.165) is 0 Å². The van der Waals surface area contributed by atoms with Gasteiger partial charge in [-0.05, 0) is 67.7 Å². The van der Waals surface area contributed by atoms with Gasteiger partial charge in [-0.1, -0.05) is 30.3 Å². The number of ether oxygens (including phenoxy) is 2. The minimum atomic E-state index is -3.20. The lowest BCUT2D eigenvalue weighted by Crippen LogP contribution is -2.34. The molecule has 4 rings (SSSR count). The van der Waals surface area contributed by atoms with Crippen LogP contribution in [0.3, 0.4) is 0 Å². The van der Waals surface area contributed by atoms with E-state index in [-0.39, 0.29) is 12.0 Å². The fourth-order valence-corrected chi connectivity index (χ4v) is 3.58. The SMILES string of the molecule is [2H]C1([2H])N(Cc2ccccc2)C([2H])([2H])C([2H])([2H])C([2H])(CC2Cc3cc(OC)c(OC)cc3C2=O)C1([2H])[2H]. The van der Waals surface area contributed by atoms with Crippen molar-refractivity contribution >= 4 is 5.78 Å². The third-order valence-electron chi connectivity index (χ3n) is 5.03. The van der Waals surface area contributed by atoms with Crippen LogP contribution in [0, 0.1) is 11.8 Å². The zero-order chi connectivity index (χ0) is 27.6. The molecule has 2 aromatic rings. The van der Waals surface area contributed by atoms with Gasteiger partial charge < -0.3 is 9.47 Å². The fraction of sp³-hybridized carbons (Fsp3) is 0.458. The van der Waals surface area contributed by atoms with Crippen molar-refractivity contribution in [2.75, 3.05) is 27.2 Å². The van der Waals surface area contributed by atoms with E-state index in [9.17, 15) is 4.79 Å². The summed E-state index contributed by atoms with van der Waals surface area (Å²) in [6.45, 7) is -6.58. The van der Waals surface area contributed by atoms with Gasteiger partial charge in [0.05, 0.1) is 14.2 Å². The molecular weight excluding hydrogens is 350 g/mol. The molecule has 0 saturated carbocycles.